The number of hydrogen-bond acceptors (Lipinski definition) is 4. The maximum atomic E-state index is 10.4. The van der Waals surface area contributed by atoms with Crippen LogP contribution >= 0.6 is 0 Å². The highest BCUT2D eigenvalue weighted by Crippen LogP contribution is 2.39. The van der Waals surface area contributed by atoms with Gasteiger partial charge in [0.05, 0.1) is 11.7 Å². The lowest BCUT2D eigenvalue weighted by Gasteiger charge is -2.40. The molecule has 1 aromatic rings. The molecule has 0 fully saturated rings. The molecule has 0 aliphatic carbocycles. The lowest BCUT2D eigenvalue weighted by atomic mass is 10.0. The van der Waals surface area contributed by atoms with Crippen molar-refractivity contribution in [3.8, 4) is 5.75 Å². The molecule has 0 saturated carbocycles. The predicted molar refractivity (Wildman–Crippen MR) is 74.8 cm³/mol. The van der Waals surface area contributed by atoms with Gasteiger partial charge in [0.15, 0.2) is 0 Å². The molecule has 4 aliphatic heterocycles. The molecule has 0 saturated heterocycles. The van der Waals surface area contributed by atoms with E-state index in [1.807, 2.05) is 18.2 Å². The molecule has 0 radical (unpaired) electrons. The van der Waals surface area contributed by atoms with Gasteiger partial charge in [0, 0.05) is 0 Å². The van der Waals surface area contributed by atoms with E-state index in [1.165, 1.54) is 10.6 Å². The number of hydrogen-bond donors (Lipinski definition) is 1. The fourth-order valence-corrected chi connectivity index (χ4v) is 3.20. The summed E-state index contributed by atoms with van der Waals surface area (Å²) in [5.41, 5.74) is 2.06. The highest BCUT2D eigenvalue weighted by Gasteiger charge is 2.40. The molecule has 0 amide bonds. The Morgan fingerprint density at radius 3 is 2.74 bits per heavy atom. The van der Waals surface area contributed by atoms with E-state index in [4.69, 9.17) is 4.74 Å². The number of benzene rings is 1. The molecule has 104 valence electrons. The third-order valence-corrected chi connectivity index (χ3v) is 4.05. The zero-order chi connectivity index (χ0) is 13.4. The molecule has 5 rings (SSSR count). The van der Waals surface area contributed by atoms with Crippen molar-refractivity contribution < 1.29 is 9.94 Å². The lowest BCUT2D eigenvalue weighted by molar-refractivity contribution is 0.00152. The van der Waals surface area contributed by atoms with Crippen LogP contribution in [0.4, 0.5) is 5.69 Å². The molecule has 19 heavy (non-hydrogen) atoms. The first-order chi connectivity index (χ1) is 9.24. The van der Waals surface area contributed by atoms with Gasteiger partial charge in [-0.05, 0) is 56.1 Å². The third-order valence-electron chi connectivity index (χ3n) is 4.05. The van der Waals surface area contributed by atoms with Gasteiger partial charge in [-0.2, -0.15) is 0 Å². The van der Waals surface area contributed by atoms with Gasteiger partial charge in [-0.15, -0.1) is 0 Å². The summed E-state index contributed by atoms with van der Waals surface area (Å²) in [6.07, 6.45) is 2.93. The van der Waals surface area contributed by atoms with Crippen LogP contribution < -0.4 is 9.80 Å². The van der Waals surface area contributed by atoms with Crippen molar-refractivity contribution in [2.45, 2.75) is 45.4 Å². The van der Waals surface area contributed by atoms with E-state index < -0.39 is 0 Å². The van der Waals surface area contributed by atoms with Gasteiger partial charge in [0.25, 0.3) is 0 Å². The fourth-order valence-electron chi connectivity index (χ4n) is 3.20. The summed E-state index contributed by atoms with van der Waals surface area (Å²) in [4.78, 5) is 2.45. The summed E-state index contributed by atoms with van der Waals surface area (Å²) in [6, 6.07) is 6.17. The van der Waals surface area contributed by atoms with Crippen molar-refractivity contribution in [3.05, 3.63) is 23.8 Å². The second-order valence-corrected chi connectivity index (χ2v) is 5.45. The van der Waals surface area contributed by atoms with E-state index >= 15 is 0 Å². The molecule has 1 aromatic carbocycles. The zero-order valence-corrected chi connectivity index (χ0v) is 11.7. The van der Waals surface area contributed by atoms with Crippen LogP contribution in [0.25, 0.3) is 0 Å². The third kappa shape index (κ3) is 2.09. The lowest BCUT2D eigenvalue weighted by Crippen LogP contribution is -2.56. The van der Waals surface area contributed by atoms with Crippen LogP contribution in [0.1, 0.15) is 32.3 Å². The van der Waals surface area contributed by atoms with Gasteiger partial charge in [-0.1, -0.05) is 13.8 Å². The summed E-state index contributed by atoms with van der Waals surface area (Å²) in [5, 5.41) is 11.7. The Hall–Kier alpha value is -1.26. The summed E-state index contributed by atoms with van der Waals surface area (Å²) in [6.45, 7) is 6.50. The monoisotopic (exact) mass is 262 g/mol. The molecule has 4 aliphatic rings. The molecule has 0 spiro atoms. The standard InChI is InChI=1S/C15H22N2O2/c1-3-7-16(8-4-2)13-10-11-9-12-5-6-14(11)19-15(13)17(12)18/h5-6,9,13,15,18H,3-4,7-8,10H2,1-2H3. The van der Waals surface area contributed by atoms with Crippen molar-refractivity contribution in [3.63, 3.8) is 0 Å². The van der Waals surface area contributed by atoms with Gasteiger partial charge in [-0.25, -0.2) is 5.06 Å². The molecule has 4 bridgehead atoms. The minimum atomic E-state index is -0.277. The highest BCUT2D eigenvalue weighted by atomic mass is 16.6. The van der Waals surface area contributed by atoms with E-state index in [-0.39, 0.29) is 12.3 Å². The van der Waals surface area contributed by atoms with E-state index in [0.717, 1.165) is 43.8 Å². The molecular formula is C15H22N2O2. The predicted octanol–water partition coefficient (Wildman–Crippen LogP) is 2.65. The molecule has 4 nitrogen and oxygen atoms in total. The first-order valence-corrected chi connectivity index (χ1v) is 7.26. The van der Waals surface area contributed by atoms with Crippen LogP contribution in [0.5, 0.6) is 5.75 Å². The normalized spacial score (nSPS) is 23.9. The quantitative estimate of drug-likeness (QED) is 0.885. The Labute approximate surface area is 114 Å². The highest BCUT2D eigenvalue weighted by molar-refractivity contribution is 5.56. The average molecular weight is 262 g/mol. The summed E-state index contributed by atoms with van der Waals surface area (Å²) < 4.78 is 5.97. The van der Waals surface area contributed by atoms with Crippen LogP contribution in [0, 0.1) is 0 Å². The first-order valence-electron chi connectivity index (χ1n) is 7.26. The maximum Gasteiger partial charge on any atom is 0.210 e. The van der Waals surface area contributed by atoms with Gasteiger partial charge < -0.3 is 4.74 Å². The van der Waals surface area contributed by atoms with Crippen molar-refractivity contribution >= 4 is 5.69 Å². The molecular weight excluding hydrogens is 240 g/mol. The van der Waals surface area contributed by atoms with Crippen molar-refractivity contribution in [1.29, 1.82) is 0 Å². The van der Waals surface area contributed by atoms with Crippen LogP contribution in [0.2, 0.25) is 0 Å². The number of hydroxylamine groups is 1. The number of rotatable bonds is 5. The Morgan fingerprint density at radius 2 is 2.05 bits per heavy atom. The van der Waals surface area contributed by atoms with Crippen molar-refractivity contribution in [2.75, 3.05) is 18.2 Å². The number of ether oxygens (including phenoxy) is 1. The molecule has 4 heteroatoms. The average Bonchev–Trinajstić information content (AvgIpc) is 2.70. The summed E-state index contributed by atoms with van der Waals surface area (Å²) >= 11 is 0. The van der Waals surface area contributed by atoms with E-state index in [0.29, 0.717) is 0 Å². The fraction of sp³-hybridized carbons (Fsp3) is 0.600. The van der Waals surface area contributed by atoms with Crippen molar-refractivity contribution in [2.24, 2.45) is 0 Å². The van der Waals surface area contributed by atoms with Crippen LogP contribution in [0.3, 0.4) is 0 Å². The van der Waals surface area contributed by atoms with Gasteiger partial charge in [-0.3, -0.25) is 10.1 Å². The van der Waals surface area contributed by atoms with Gasteiger partial charge in [0.1, 0.15) is 5.75 Å². The maximum absolute atomic E-state index is 10.4. The summed E-state index contributed by atoms with van der Waals surface area (Å²) in [7, 11) is 0. The van der Waals surface area contributed by atoms with Gasteiger partial charge >= 0.3 is 0 Å². The second kappa shape index (κ2) is 5.02. The largest absolute Gasteiger partial charge is 0.466 e. The zero-order valence-electron chi connectivity index (χ0n) is 11.7. The van der Waals surface area contributed by atoms with E-state index in [1.54, 1.807) is 0 Å². The Bertz CT molecular complexity index is 457. The molecule has 2 unspecified atom stereocenters. The summed E-state index contributed by atoms with van der Waals surface area (Å²) in [5.74, 6) is 0.925. The van der Waals surface area contributed by atoms with Gasteiger partial charge in [0.2, 0.25) is 6.23 Å². The first kappa shape index (κ1) is 12.8. The Kier molecular flexibility index (Phi) is 3.37. The second-order valence-electron chi connectivity index (χ2n) is 5.45. The smallest absolute Gasteiger partial charge is 0.210 e. The number of nitrogens with zero attached hydrogens (tertiary/aromatic N) is 2. The number of fused-ring (bicyclic) bond motifs is 2. The van der Waals surface area contributed by atoms with E-state index in [2.05, 4.69) is 18.7 Å². The minimum Gasteiger partial charge on any atom is -0.466 e. The number of anilines is 1. The molecule has 1 N–H and O–H groups in total. The minimum absolute atomic E-state index is 0.234. The van der Waals surface area contributed by atoms with Crippen molar-refractivity contribution in [1.82, 2.24) is 4.90 Å². The van der Waals surface area contributed by atoms with Crippen LogP contribution in [-0.2, 0) is 6.42 Å². The molecule has 2 atom stereocenters. The molecule has 4 heterocycles. The van der Waals surface area contributed by atoms with E-state index in [9.17, 15) is 5.21 Å². The Balaban J connectivity index is 1.90. The van der Waals surface area contributed by atoms with Crippen LogP contribution in [0.15, 0.2) is 18.2 Å². The van der Waals surface area contributed by atoms with Crippen LogP contribution in [-0.4, -0.2) is 35.5 Å². The Morgan fingerprint density at radius 1 is 1.32 bits per heavy atom. The molecule has 0 aromatic heterocycles. The topological polar surface area (TPSA) is 35.9 Å². The SMILES string of the molecule is CCCN(CCC)C1Cc2cc3ccc2OC1N3O.